The molecule has 1 N–H and O–H groups in total. The average Bonchev–Trinajstić information content (AvgIpc) is 2.45. The highest BCUT2D eigenvalue weighted by molar-refractivity contribution is 5.92. The number of carbonyl (C=O) groups is 1. The third-order valence-electron chi connectivity index (χ3n) is 2.77. The van der Waals surface area contributed by atoms with Crippen molar-refractivity contribution in [3.63, 3.8) is 0 Å². The molecule has 0 atom stereocenters. The number of hydrogen-bond donors (Lipinski definition) is 1. The van der Waals surface area contributed by atoms with Gasteiger partial charge >= 0.3 is 0 Å². The number of carbonyl (C=O) groups excluding carboxylic acids is 1. The van der Waals surface area contributed by atoms with Gasteiger partial charge in [0.15, 0.2) is 0 Å². The molecule has 0 aliphatic rings. The van der Waals surface area contributed by atoms with Gasteiger partial charge in [-0.15, -0.1) is 0 Å². The van der Waals surface area contributed by atoms with E-state index < -0.39 is 29.8 Å². The molecule has 0 aromatic heterocycles. The molecule has 6 heteroatoms. The fourth-order valence-electron chi connectivity index (χ4n) is 1.76. The minimum Gasteiger partial charge on any atom is -0.326 e. The van der Waals surface area contributed by atoms with Crippen molar-refractivity contribution in [2.24, 2.45) is 0 Å². The van der Waals surface area contributed by atoms with Gasteiger partial charge in [-0.3, -0.25) is 4.79 Å². The molecular formula is C15H9F3N2O. The first-order valence-corrected chi connectivity index (χ1v) is 5.93. The summed E-state index contributed by atoms with van der Waals surface area (Å²) in [5.74, 6) is -3.02. The molecule has 0 saturated heterocycles. The standard InChI is InChI=1S/C15H9F3N2O/c16-12-5-4-10(6-9(12)8-19)20-15(21)7-11-13(17)2-1-3-14(11)18/h1-6H,7H2,(H,20,21). The molecule has 0 radical (unpaired) electrons. The molecule has 0 aliphatic carbocycles. The highest BCUT2D eigenvalue weighted by atomic mass is 19.1. The number of nitrogens with zero attached hydrogens (tertiary/aromatic N) is 1. The van der Waals surface area contributed by atoms with Gasteiger partial charge in [-0.05, 0) is 30.3 Å². The van der Waals surface area contributed by atoms with Crippen LogP contribution in [-0.2, 0) is 11.2 Å². The first-order chi connectivity index (χ1) is 10.0. The number of rotatable bonds is 3. The Morgan fingerprint density at radius 2 is 1.76 bits per heavy atom. The number of hydrogen-bond acceptors (Lipinski definition) is 2. The van der Waals surface area contributed by atoms with E-state index in [1.807, 2.05) is 0 Å². The van der Waals surface area contributed by atoms with E-state index in [1.54, 1.807) is 6.07 Å². The molecule has 0 fully saturated rings. The minimum atomic E-state index is -0.818. The lowest BCUT2D eigenvalue weighted by Crippen LogP contribution is -2.16. The van der Waals surface area contributed by atoms with Crippen LogP contribution in [0.4, 0.5) is 18.9 Å². The topological polar surface area (TPSA) is 52.9 Å². The molecule has 1 amide bonds. The lowest BCUT2D eigenvalue weighted by molar-refractivity contribution is -0.115. The molecule has 0 heterocycles. The van der Waals surface area contributed by atoms with Crippen LogP contribution in [0.1, 0.15) is 11.1 Å². The molecular weight excluding hydrogens is 281 g/mol. The molecule has 0 aliphatic heterocycles. The Kier molecular flexibility index (Phi) is 4.24. The fourth-order valence-corrected chi connectivity index (χ4v) is 1.76. The van der Waals surface area contributed by atoms with Crippen LogP contribution in [0.15, 0.2) is 36.4 Å². The zero-order valence-corrected chi connectivity index (χ0v) is 10.7. The van der Waals surface area contributed by atoms with Gasteiger partial charge in [-0.1, -0.05) is 6.07 Å². The van der Waals surface area contributed by atoms with E-state index >= 15 is 0 Å². The summed E-state index contributed by atoms with van der Waals surface area (Å²) in [7, 11) is 0. The van der Waals surface area contributed by atoms with E-state index in [9.17, 15) is 18.0 Å². The molecule has 2 rings (SSSR count). The van der Waals surface area contributed by atoms with Gasteiger partial charge in [0.1, 0.15) is 23.5 Å². The Morgan fingerprint density at radius 1 is 1.10 bits per heavy atom. The Bertz CT molecular complexity index is 718. The van der Waals surface area contributed by atoms with Gasteiger partial charge in [0.2, 0.25) is 5.91 Å². The molecule has 0 unspecified atom stereocenters. The Morgan fingerprint density at radius 3 is 2.38 bits per heavy atom. The van der Waals surface area contributed by atoms with Crippen LogP contribution in [0.3, 0.4) is 0 Å². The van der Waals surface area contributed by atoms with Crippen LogP contribution in [0.25, 0.3) is 0 Å². The zero-order chi connectivity index (χ0) is 15.4. The zero-order valence-electron chi connectivity index (χ0n) is 10.7. The highest BCUT2D eigenvalue weighted by Gasteiger charge is 2.13. The van der Waals surface area contributed by atoms with Crippen molar-refractivity contribution in [2.45, 2.75) is 6.42 Å². The van der Waals surface area contributed by atoms with Crippen LogP contribution >= 0.6 is 0 Å². The Hall–Kier alpha value is -2.81. The molecule has 0 saturated carbocycles. The van der Waals surface area contributed by atoms with Gasteiger partial charge in [-0.2, -0.15) is 5.26 Å². The summed E-state index contributed by atoms with van der Waals surface area (Å²) in [6.45, 7) is 0. The molecule has 106 valence electrons. The van der Waals surface area contributed by atoms with Gasteiger partial charge in [-0.25, -0.2) is 13.2 Å². The summed E-state index contributed by atoms with van der Waals surface area (Å²) in [5, 5.41) is 11.0. The number of anilines is 1. The van der Waals surface area contributed by atoms with Crippen LogP contribution in [0, 0.1) is 28.8 Å². The maximum atomic E-state index is 13.4. The van der Waals surface area contributed by atoms with E-state index in [0.29, 0.717) is 0 Å². The maximum absolute atomic E-state index is 13.4. The molecule has 2 aromatic carbocycles. The minimum absolute atomic E-state index is 0.176. The smallest absolute Gasteiger partial charge is 0.229 e. The van der Waals surface area contributed by atoms with Crippen molar-refractivity contribution in [3.05, 3.63) is 65.0 Å². The van der Waals surface area contributed by atoms with Crippen LogP contribution in [0.5, 0.6) is 0 Å². The van der Waals surface area contributed by atoms with Crippen molar-refractivity contribution in [2.75, 3.05) is 5.32 Å². The third-order valence-corrected chi connectivity index (χ3v) is 2.77. The average molecular weight is 290 g/mol. The molecule has 0 spiro atoms. The van der Waals surface area contributed by atoms with Crippen molar-refractivity contribution in [1.29, 1.82) is 5.26 Å². The predicted molar refractivity (Wildman–Crippen MR) is 69.8 cm³/mol. The van der Waals surface area contributed by atoms with Crippen molar-refractivity contribution in [3.8, 4) is 6.07 Å². The largest absolute Gasteiger partial charge is 0.326 e. The number of benzene rings is 2. The highest BCUT2D eigenvalue weighted by Crippen LogP contribution is 2.16. The van der Waals surface area contributed by atoms with Crippen LogP contribution < -0.4 is 5.32 Å². The fraction of sp³-hybridized carbons (Fsp3) is 0.0667. The molecule has 3 nitrogen and oxygen atoms in total. The van der Waals surface area contributed by atoms with E-state index in [-0.39, 0.29) is 16.8 Å². The maximum Gasteiger partial charge on any atom is 0.229 e. The summed E-state index contributed by atoms with van der Waals surface area (Å²) in [6, 6.07) is 8.36. The quantitative estimate of drug-likeness (QED) is 0.944. The van der Waals surface area contributed by atoms with E-state index in [0.717, 1.165) is 24.3 Å². The van der Waals surface area contributed by atoms with Gasteiger partial charge < -0.3 is 5.32 Å². The lowest BCUT2D eigenvalue weighted by Gasteiger charge is -2.07. The second-order valence-electron chi connectivity index (χ2n) is 4.23. The Labute approximate surface area is 118 Å². The second-order valence-corrected chi connectivity index (χ2v) is 4.23. The summed E-state index contributed by atoms with van der Waals surface area (Å²) in [6.07, 6.45) is -0.502. The van der Waals surface area contributed by atoms with E-state index in [2.05, 4.69) is 5.32 Å². The lowest BCUT2D eigenvalue weighted by atomic mass is 10.1. The molecule has 0 bridgehead atoms. The van der Waals surface area contributed by atoms with Crippen LogP contribution in [-0.4, -0.2) is 5.91 Å². The van der Waals surface area contributed by atoms with Crippen molar-refractivity contribution >= 4 is 11.6 Å². The Balaban J connectivity index is 2.14. The summed E-state index contributed by atoms with van der Waals surface area (Å²) >= 11 is 0. The van der Waals surface area contributed by atoms with Gasteiger partial charge in [0.25, 0.3) is 0 Å². The van der Waals surface area contributed by atoms with Gasteiger partial charge in [0, 0.05) is 11.3 Å². The number of nitriles is 1. The monoisotopic (exact) mass is 290 g/mol. The van der Waals surface area contributed by atoms with E-state index in [4.69, 9.17) is 5.26 Å². The molecule has 2 aromatic rings. The first-order valence-electron chi connectivity index (χ1n) is 5.93. The van der Waals surface area contributed by atoms with Crippen LogP contribution in [0.2, 0.25) is 0 Å². The first kappa shape index (κ1) is 14.6. The normalized spacial score (nSPS) is 10.0. The summed E-state index contributed by atoms with van der Waals surface area (Å²) in [4.78, 5) is 11.7. The number of amides is 1. The van der Waals surface area contributed by atoms with Gasteiger partial charge in [0.05, 0.1) is 12.0 Å². The SMILES string of the molecule is N#Cc1cc(NC(=O)Cc2c(F)cccc2F)ccc1F. The number of nitrogens with one attached hydrogen (secondary N) is 1. The van der Waals surface area contributed by atoms with Crippen molar-refractivity contribution in [1.82, 2.24) is 0 Å². The summed E-state index contributed by atoms with van der Waals surface area (Å²) in [5.41, 5.74) is -0.405. The summed E-state index contributed by atoms with van der Waals surface area (Å²) < 4.78 is 39.9. The molecule has 21 heavy (non-hydrogen) atoms. The second kappa shape index (κ2) is 6.09. The van der Waals surface area contributed by atoms with Crippen molar-refractivity contribution < 1.29 is 18.0 Å². The number of halogens is 3. The predicted octanol–water partition coefficient (Wildman–Crippen LogP) is 3.16. The third kappa shape index (κ3) is 3.39. The van der Waals surface area contributed by atoms with E-state index in [1.165, 1.54) is 12.1 Å².